The molecule has 2 heterocycles. The van der Waals surface area contributed by atoms with Gasteiger partial charge >= 0.3 is 0 Å². The van der Waals surface area contributed by atoms with Gasteiger partial charge in [0.25, 0.3) is 0 Å². The maximum absolute atomic E-state index is 10.5. The van der Waals surface area contributed by atoms with Crippen LogP contribution in [0.4, 0.5) is 0 Å². The molecule has 2 rings (SSSR count). The van der Waals surface area contributed by atoms with Crippen molar-refractivity contribution in [1.82, 2.24) is 9.55 Å². The summed E-state index contributed by atoms with van der Waals surface area (Å²) in [6, 6.07) is 5.70. The molecule has 0 radical (unpaired) electrons. The van der Waals surface area contributed by atoms with Crippen LogP contribution in [0.15, 0.2) is 18.2 Å². The molecule has 0 aliphatic rings. The summed E-state index contributed by atoms with van der Waals surface area (Å²) in [6.45, 7) is 2.02. The maximum Gasteiger partial charge on any atom is 0.168 e. The van der Waals surface area contributed by atoms with Crippen molar-refractivity contribution in [2.24, 2.45) is 7.05 Å². The smallest absolute Gasteiger partial charge is 0.168 e. The predicted octanol–water partition coefficient (Wildman–Crippen LogP) is 1.69. The number of aryl methyl sites for hydroxylation is 2. The van der Waals surface area contributed by atoms with Crippen molar-refractivity contribution >= 4 is 17.3 Å². The molecule has 0 aliphatic heterocycles. The molecule has 3 nitrogen and oxygen atoms in total. The standard InChI is InChI=1S/C10H10N2O/c1-7-5-8-3-4-9(6-13)11-10(8)12(7)2/h3-6H,1-2H3. The number of nitrogens with zero attached hydrogens (tertiary/aromatic N) is 2. The Morgan fingerprint density at radius 3 is 2.92 bits per heavy atom. The van der Waals surface area contributed by atoms with E-state index < -0.39 is 0 Å². The van der Waals surface area contributed by atoms with Gasteiger partial charge in [0.05, 0.1) is 0 Å². The largest absolute Gasteiger partial charge is 0.333 e. The molecule has 0 unspecified atom stereocenters. The van der Waals surface area contributed by atoms with Crippen LogP contribution in [0.3, 0.4) is 0 Å². The SMILES string of the molecule is Cc1cc2ccc(C=O)nc2n1C. The maximum atomic E-state index is 10.5. The van der Waals surface area contributed by atoms with E-state index in [0.717, 1.165) is 23.0 Å². The van der Waals surface area contributed by atoms with E-state index in [4.69, 9.17) is 0 Å². The van der Waals surface area contributed by atoms with Crippen molar-refractivity contribution in [3.05, 3.63) is 29.6 Å². The zero-order valence-electron chi connectivity index (χ0n) is 7.61. The van der Waals surface area contributed by atoms with Crippen LogP contribution in [0.1, 0.15) is 16.2 Å². The Morgan fingerprint density at radius 1 is 1.46 bits per heavy atom. The number of hydrogen-bond donors (Lipinski definition) is 0. The molecule has 0 N–H and O–H groups in total. The molecule has 0 aliphatic carbocycles. The van der Waals surface area contributed by atoms with Gasteiger partial charge in [0.2, 0.25) is 0 Å². The summed E-state index contributed by atoms with van der Waals surface area (Å²) >= 11 is 0. The first-order chi connectivity index (χ1) is 6.22. The van der Waals surface area contributed by atoms with E-state index in [1.807, 2.05) is 24.6 Å². The lowest BCUT2D eigenvalue weighted by Gasteiger charge is -1.97. The Kier molecular flexibility index (Phi) is 1.65. The summed E-state index contributed by atoms with van der Waals surface area (Å²) in [5.74, 6) is 0. The third kappa shape index (κ3) is 1.13. The van der Waals surface area contributed by atoms with Gasteiger partial charge in [-0.1, -0.05) is 0 Å². The number of rotatable bonds is 1. The van der Waals surface area contributed by atoms with Crippen molar-refractivity contribution in [3.8, 4) is 0 Å². The van der Waals surface area contributed by atoms with Crippen LogP contribution in [-0.2, 0) is 7.05 Å². The normalized spacial score (nSPS) is 10.6. The second-order valence-electron chi connectivity index (χ2n) is 3.11. The average Bonchev–Trinajstić information content (AvgIpc) is 2.43. The topological polar surface area (TPSA) is 34.9 Å². The third-order valence-electron chi connectivity index (χ3n) is 2.26. The zero-order chi connectivity index (χ0) is 9.42. The van der Waals surface area contributed by atoms with Crippen molar-refractivity contribution in [1.29, 1.82) is 0 Å². The van der Waals surface area contributed by atoms with Crippen LogP contribution in [0.5, 0.6) is 0 Å². The average molecular weight is 174 g/mol. The second-order valence-corrected chi connectivity index (χ2v) is 3.11. The fourth-order valence-corrected chi connectivity index (χ4v) is 1.41. The molecule has 0 saturated carbocycles. The molecule has 0 amide bonds. The first kappa shape index (κ1) is 7.98. The first-order valence-corrected chi connectivity index (χ1v) is 4.10. The summed E-state index contributed by atoms with van der Waals surface area (Å²) in [4.78, 5) is 14.7. The summed E-state index contributed by atoms with van der Waals surface area (Å²) in [5.41, 5.74) is 2.49. The Balaban J connectivity index is 2.81. The number of hydrogen-bond acceptors (Lipinski definition) is 2. The van der Waals surface area contributed by atoms with E-state index in [2.05, 4.69) is 11.1 Å². The fraction of sp³-hybridized carbons (Fsp3) is 0.200. The quantitative estimate of drug-likeness (QED) is 0.617. The van der Waals surface area contributed by atoms with Crippen LogP contribution < -0.4 is 0 Å². The lowest BCUT2D eigenvalue weighted by atomic mass is 10.3. The van der Waals surface area contributed by atoms with E-state index >= 15 is 0 Å². The molecular formula is C10H10N2O. The van der Waals surface area contributed by atoms with Crippen LogP contribution >= 0.6 is 0 Å². The highest BCUT2D eigenvalue weighted by molar-refractivity contribution is 5.82. The molecule has 2 aromatic heterocycles. The third-order valence-corrected chi connectivity index (χ3v) is 2.26. The van der Waals surface area contributed by atoms with Gasteiger partial charge in [-0.05, 0) is 25.1 Å². The molecule has 0 atom stereocenters. The monoisotopic (exact) mass is 174 g/mol. The van der Waals surface area contributed by atoms with E-state index in [-0.39, 0.29) is 0 Å². The van der Waals surface area contributed by atoms with Crippen molar-refractivity contribution in [2.75, 3.05) is 0 Å². The van der Waals surface area contributed by atoms with Gasteiger partial charge in [0.15, 0.2) is 6.29 Å². The lowest BCUT2D eigenvalue weighted by molar-refractivity contribution is 0.111. The van der Waals surface area contributed by atoms with Gasteiger partial charge in [-0.25, -0.2) is 4.98 Å². The predicted molar refractivity (Wildman–Crippen MR) is 50.8 cm³/mol. The van der Waals surface area contributed by atoms with Gasteiger partial charge < -0.3 is 4.57 Å². The highest BCUT2D eigenvalue weighted by Crippen LogP contribution is 2.15. The number of aromatic nitrogens is 2. The Bertz CT molecular complexity index is 471. The lowest BCUT2D eigenvalue weighted by Crippen LogP contribution is -1.94. The van der Waals surface area contributed by atoms with Gasteiger partial charge in [0.1, 0.15) is 11.3 Å². The summed E-state index contributed by atoms with van der Waals surface area (Å²) in [6.07, 6.45) is 0.766. The molecule has 0 saturated heterocycles. The Morgan fingerprint density at radius 2 is 2.23 bits per heavy atom. The van der Waals surface area contributed by atoms with Crippen LogP contribution in [0.25, 0.3) is 11.0 Å². The molecule has 3 heteroatoms. The Labute approximate surface area is 76.0 Å². The number of carbonyl (C=O) groups is 1. The van der Waals surface area contributed by atoms with Gasteiger partial charge in [-0.3, -0.25) is 4.79 Å². The van der Waals surface area contributed by atoms with E-state index in [9.17, 15) is 4.79 Å². The zero-order valence-corrected chi connectivity index (χ0v) is 7.61. The summed E-state index contributed by atoms with van der Waals surface area (Å²) in [5, 5.41) is 1.07. The molecular weight excluding hydrogens is 164 g/mol. The van der Waals surface area contributed by atoms with Gasteiger partial charge in [-0.15, -0.1) is 0 Å². The Hall–Kier alpha value is -1.64. The number of fused-ring (bicyclic) bond motifs is 1. The molecule has 0 bridgehead atoms. The van der Waals surface area contributed by atoms with Crippen molar-refractivity contribution in [2.45, 2.75) is 6.92 Å². The molecule has 0 fully saturated rings. The minimum absolute atomic E-state index is 0.480. The molecule has 13 heavy (non-hydrogen) atoms. The fourth-order valence-electron chi connectivity index (χ4n) is 1.41. The van der Waals surface area contributed by atoms with E-state index in [1.54, 1.807) is 6.07 Å². The molecule has 0 spiro atoms. The number of aldehydes is 1. The first-order valence-electron chi connectivity index (χ1n) is 4.10. The van der Waals surface area contributed by atoms with Crippen LogP contribution in [0.2, 0.25) is 0 Å². The number of carbonyl (C=O) groups excluding carboxylic acids is 1. The van der Waals surface area contributed by atoms with Crippen LogP contribution in [0, 0.1) is 6.92 Å². The molecule has 2 aromatic rings. The van der Waals surface area contributed by atoms with Crippen molar-refractivity contribution < 1.29 is 4.79 Å². The van der Waals surface area contributed by atoms with Crippen molar-refractivity contribution in [3.63, 3.8) is 0 Å². The van der Waals surface area contributed by atoms with Gasteiger partial charge in [0, 0.05) is 18.1 Å². The molecule has 0 aromatic carbocycles. The van der Waals surface area contributed by atoms with E-state index in [1.165, 1.54) is 0 Å². The number of pyridine rings is 1. The van der Waals surface area contributed by atoms with Gasteiger partial charge in [-0.2, -0.15) is 0 Å². The van der Waals surface area contributed by atoms with E-state index in [0.29, 0.717) is 5.69 Å². The summed E-state index contributed by atoms with van der Waals surface area (Å²) in [7, 11) is 1.94. The minimum Gasteiger partial charge on any atom is -0.333 e. The highest BCUT2D eigenvalue weighted by atomic mass is 16.1. The second kappa shape index (κ2) is 2.69. The molecule has 66 valence electrons. The highest BCUT2D eigenvalue weighted by Gasteiger charge is 2.03. The van der Waals surface area contributed by atoms with Crippen LogP contribution in [-0.4, -0.2) is 15.8 Å². The summed E-state index contributed by atoms with van der Waals surface area (Å²) < 4.78 is 1.97. The minimum atomic E-state index is 0.480.